The number of rotatable bonds is 5. The molecule has 1 aliphatic heterocycles. The van der Waals surface area contributed by atoms with Gasteiger partial charge in [-0.2, -0.15) is 4.31 Å². The number of aromatic nitrogens is 1. The minimum atomic E-state index is -3.67. The molecule has 2 aromatic rings. The highest BCUT2D eigenvalue weighted by molar-refractivity contribution is 7.89. The van der Waals surface area contributed by atoms with E-state index in [0.29, 0.717) is 30.4 Å². The van der Waals surface area contributed by atoms with Crippen molar-refractivity contribution in [2.75, 3.05) is 33.3 Å². The summed E-state index contributed by atoms with van der Waals surface area (Å²) >= 11 is 6.02. The van der Waals surface area contributed by atoms with Gasteiger partial charge in [0.15, 0.2) is 0 Å². The molecule has 0 amide bonds. The van der Waals surface area contributed by atoms with E-state index in [2.05, 4.69) is 9.88 Å². The lowest BCUT2D eigenvalue weighted by Gasteiger charge is -2.22. The van der Waals surface area contributed by atoms with Crippen LogP contribution in [0.1, 0.15) is 17.8 Å². The summed E-state index contributed by atoms with van der Waals surface area (Å²) in [4.78, 5) is 6.90. The summed E-state index contributed by atoms with van der Waals surface area (Å²) in [5.41, 5.74) is 1.99. The second-order valence-electron chi connectivity index (χ2n) is 6.60. The molecule has 0 N–H and O–H groups in total. The van der Waals surface area contributed by atoms with Crippen molar-refractivity contribution in [1.29, 1.82) is 0 Å². The van der Waals surface area contributed by atoms with Gasteiger partial charge in [-0.3, -0.25) is 9.88 Å². The Labute approximate surface area is 165 Å². The summed E-state index contributed by atoms with van der Waals surface area (Å²) in [7, 11) is -2.21. The van der Waals surface area contributed by atoms with Crippen molar-refractivity contribution in [2.45, 2.75) is 24.8 Å². The van der Waals surface area contributed by atoms with E-state index in [4.69, 9.17) is 16.3 Å². The van der Waals surface area contributed by atoms with Gasteiger partial charge in [-0.1, -0.05) is 17.7 Å². The van der Waals surface area contributed by atoms with Crippen molar-refractivity contribution >= 4 is 21.6 Å². The molecule has 6 nitrogen and oxygen atoms in total. The van der Waals surface area contributed by atoms with Crippen molar-refractivity contribution in [3.63, 3.8) is 0 Å². The third-order valence-corrected chi connectivity index (χ3v) is 6.78. The Kier molecular flexibility index (Phi) is 6.37. The molecule has 146 valence electrons. The summed E-state index contributed by atoms with van der Waals surface area (Å²) in [5.74, 6) is 0.310. The minimum absolute atomic E-state index is 0.117. The molecule has 0 radical (unpaired) electrons. The molecule has 8 heteroatoms. The first-order chi connectivity index (χ1) is 12.9. The fraction of sp³-hybridized carbons (Fsp3) is 0.421. The average Bonchev–Trinajstić information content (AvgIpc) is 2.88. The first kappa shape index (κ1) is 20.1. The van der Waals surface area contributed by atoms with E-state index in [1.807, 2.05) is 25.1 Å². The van der Waals surface area contributed by atoms with Crippen LogP contribution in [0, 0.1) is 6.92 Å². The average molecular weight is 410 g/mol. The normalized spacial score (nSPS) is 16.9. The number of aryl methyl sites for hydroxylation is 1. The fourth-order valence-corrected chi connectivity index (χ4v) is 5.14. The largest absolute Gasteiger partial charge is 0.495 e. The number of hydrogen-bond acceptors (Lipinski definition) is 5. The van der Waals surface area contributed by atoms with Crippen LogP contribution in [0.15, 0.2) is 41.3 Å². The highest BCUT2D eigenvalue weighted by atomic mass is 35.5. The summed E-state index contributed by atoms with van der Waals surface area (Å²) in [6.45, 7) is 5.06. The second kappa shape index (κ2) is 8.56. The van der Waals surface area contributed by atoms with Gasteiger partial charge in [0.25, 0.3) is 0 Å². The SMILES string of the molecule is COc1ccc(Cl)cc1S(=O)(=O)N1CCCN(Cc2cccc(C)n2)CC1. The van der Waals surface area contributed by atoms with Gasteiger partial charge in [0, 0.05) is 36.9 Å². The van der Waals surface area contributed by atoms with Crippen LogP contribution in [0.2, 0.25) is 5.02 Å². The number of nitrogens with zero attached hydrogens (tertiary/aromatic N) is 3. The minimum Gasteiger partial charge on any atom is -0.495 e. The zero-order valence-corrected chi connectivity index (χ0v) is 17.1. The molecule has 0 saturated carbocycles. The quantitative estimate of drug-likeness (QED) is 0.759. The summed E-state index contributed by atoms with van der Waals surface area (Å²) in [5, 5.41) is 0.372. The zero-order valence-electron chi connectivity index (χ0n) is 15.6. The third kappa shape index (κ3) is 4.79. The highest BCUT2D eigenvalue weighted by Crippen LogP contribution is 2.30. The van der Waals surface area contributed by atoms with Gasteiger partial charge >= 0.3 is 0 Å². The lowest BCUT2D eigenvalue weighted by molar-refractivity contribution is 0.275. The smallest absolute Gasteiger partial charge is 0.246 e. The maximum absolute atomic E-state index is 13.1. The predicted molar refractivity (Wildman–Crippen MR) is 106 cm³/mol. The van der Waals surface area contributed by atoms with Crippen LogP contribution < -0.4 is 4.74 Å². The number of pyridine rings is 1. The monoisotopic (exact) mass is 409 g/mol. The molecule has 0 bridgehead atoms. The van der Waals surface area contributed by atoms with Gasteiger partial charge in [0.1, 0.15) is 10.6 Å². The molecule has 0 atom stereocenters. The van der Waals surface area contributed by atoms with Gasteiger partial charge in [-0.25, -0.2) is 8.42 Å². The Bertz CT molecular complexity index is 905. The summed E-state index contributed by atoms with van der Waals surface area (Å²) < 4.78 is 33.0. The van der Waals surface area contributed by atoms with Crippen LogP contribution >= 0.6 is 11.6 Å². The maximum atomic E-state index is 13.1. The van der Waals surface area contributed by atoms with Gasteiger partial charge in [0.2, 0.25) is 10.0 Å². The molecule has 1 saturated heterocycles. The number of halogens is 1. The molecule has 1 fully saturated rings. The Morgan fingerprint density at radius 3 is 2.70 bits per heavy atom. The molecule has 3 rings (SSSR count). The number of benzene rings is 1. The van der Waals surface area contributed by atoms with Gasteiger partial charge < -0.3 is 4.74 Å². The van der Waals surface area contributed by atoms with Crippen LogP contribution in [0.4, 0.5) is 0 Å². The zero-order chi connectivity index (χ0) is 19.4. The Hall–Kier alpha value is -1.67. The first-order valence-corrected chi connectivity index (χ1v) is 10.7. The highest BCUT2D eigenvalue weighted by Gasteiger charge is 2.29. The number of sulfonamides is 1. The van der Waals surface area contributed by atoms with E-state index in [-0.39, 0.29) is 4.90 Å². The van der Waals surface area contributed by atoms with Crippen molar-refractivity contribution in [1.82, 2.24) is 14.2 Å². The molecule has 0 unspecified atom stereocenters. The van der Waals surface area contributed by atoms with Crippen LogP contribution in [0.3, 0.4) is 0 Å². The topological polar surface area (TPSA) is 62.7 Å². The van der Waals surface area contributed by atoms with Gasteiger partial charge in [0.05, 0.1) is 12.8 Å². The molecular formula is C19H24ClN3O3S. The maximum Gasteiger partial charge on any atom is 0.246 e. The molecule has 1 aliphatic rings. The van der Waals surface area contributed by atoms with Crippen LogP contribution in [-0.2, 0) is 16.6 Å². The number of methoxy groups -OCH3 is 1. The van der Waals surface area contributed by atoms with Crippen molar-refractivity contribution in [3.05, 3.63) is 52.8 Å². The molecule has 0 spiro atoms. The van der Waals surface area contributed by atoms with Crippen LogP contribution in [-0.4, -0.2) is 55.9 Å². The van der Waals surface area contributed by atoms with Gasteiger partial charge in [-0.05, 0) is 50.2 Å². The Morgan fingerprint density at radius 1 is 1.15 bits per heavy atom. The summed E-state index contributed by atoms with van der Waals surface area (Å²) in [6.07, 6.45) is 0.758. The van der Waals surface area contributed by atoms with E-state index in [9.17, 15) is 8.42 Å². The lowest BCUT2D eigenvalue weighted by Crippen LogP contribution is -2.35. The summed E-state index contributed by atoms with van der Waals surface area (Å²) in [6, 6.07) is 10.6. The van der Waals surface area contributed by atoms with Crippen molar-refractivity contribution in [2.24, 2.45) is 0 Å². The number of ether oxygens (including phenoxy) is 1. The molecule has 1 aromatic heterocycles. The van der Waals surface area contributed by atoms with E-state index >= 15 is 0 Å². The van der Waals surface area contributed by atoms with Crippen LogP contribution in [0.5, 0.6) is 5.75 Å². The van der Waals surface area contributed by atoms with E-state index in [0.717, 1.165) is 30.9 Å². The first-order valence-electron chi connectivity index (χ1n) is 8.89. The molecule has 1 aromatic carbocycles. The number of hydrogen-bond donors (Lipinski definition) is 0. The van der Waals surface area contributed by atoms with Crippen LogP contribution in [0.25, 0.3) is 0 Å². The van der Waals surface area contributed by atoms with Crippen molar-refractivity contribution < 1.29 is 13.2 Å². The fourth-order valence-electron chi connectivity index (χ4n) is 3.25. The standard InChI is InChI=1S/C19H24ClN3O3S/c1-15-5-3-6-17(21-15)14-22-9-4-10-23(12-11-22)27(24,25)19-13-16(20)7-8-18(19)26-2/h3,5-8,13H,4,9-12,14H2,1-2H3. The molecular weight excluding hydrogens is 386 g/mol. The van der Waals surface area contributed by atoms with E-state index in [1.54, 1.807) is 12.1 Å². The molecule has 2 heterocycles. The van der Waals surface area contributed by atoms with Gasteiger partial charge in [-0.15, -0.1) is 0 Å². The lowest BCUT2D eigenvalue weighted by atomic mass is 10.3. The van der Waals surface area contributed by atoms with E-state index in [1.165, 1.54) is 17.5 Å². The van der Waals surface area contributed by atoms with Crippen molar-refractivity contribution in [3.8, 4) is 5.75 Å². The molecule has 27 heavy (non-hydrogen) atoms. The van der Waals surface area contributed by atoms with E-state index < -0.39 is 10.0 Å². The Morgan fingerprint density at radius 2 is 1.96 bits per heavy atom. The predicted octanol–water partition coefficient (Wildman–Crippen LogP) is 2.95. The second-order valence-corrected chi connectivity index (χ2v) is 8.94. The molecule has 0 aliphatic carbocycles. The third-order valence-electron chi connectivity index (χ3n) is 4.62. The Balaban J connectivity index is 1.74.